The van der Waals surface area contributed by atoms with Gasteiger partial charge in [0.15, 0.2) is 0 Å². The van der Waals surface area contributed by atoms with Crippen molar-refractivity contribution in [3.05, 3.63) is 29.8 Å². The summed E-state index contributed by atoms with van der Waals surface area (Å²) in [6.45, 7) is 12.8. The van der Waals surface area contributed by atoms with Gasteiger partial charge in [0, 0.05) is 44.0 Å². The van der Waals surface area contributed by atoms with Crippen molar-refractivity contribution in [2.45, 2.75) is 103 Å². The molecule has 3 aliphatic rings. The molecule has 3 heterocycles. The van der Waals surface area contributed by atoms with E-state index in [1.807, 2.05) is 43.9 Å². The molecule has 3 aliphatic heterocycles. The van der Waals surface area contributed by atoms with Crippen LogP contribution in [0.4, 0.5) is 4.79 Å². The minimum atomic E-state index is -0.584. The fourth-order valence-corrected chi connectivity index (χ4v) is 6.16. The summed E-state index contributed by atoms with van der Waals surface area (Å²) < 4.78 is 18.4. The van der Waals surface area contributed by atoms with Crippen molar-refractivity contribution in [1.29, 1.82) is 0 Å². The highest BCUT2D eigenvalue weighted by Crippen LogP contribution is 2.52. The van der Waals surface area contributed by atoms with Gasteiger partial charge in [-0.3, -0.25) is 9.59 Å². The number of alkyl carbamates (subject to hydrolysis) is 1. The van der Waals surface area contributed by atoms with Gasteiger partial charge in [0.1, 0.15) is 23.0 Å². The van der Waals surface area contributed by atoms with Gasteiger partial charge in [-0.2, -0.15) is 0 Å². The van der Waals surface area contributed by atoms with E-state index in [1.54, 1.807) is 0 Å². The van der Waals surface area contributed by atoms with Crippen LogP contribution in [-0.4, -0.2) is 65.8 Å². The SMILES string of the molecule is CC(=O)N[C@@H](CCCCNC(=O)OC(C)(C)C)C(=O)N1CC[C@H]2O[C@H]3c4ccccc4OC(C)(C)[C@@H]3C[C@H]2C1. The molecule has 216 valence electrons. The molecular formula is C30H45N3O6. The number of hydrogen-bond acceptors (Lipinski definition) is 6. The van der Waals surface area contributed by atoms with Crippen LogP contribution < -0.4 is 15.4 Å². The summed E-state index contributed by atoms with van der Waals surface area (Å²) in [5.74, 6) is 1.03. The number of benzene rings is 1. The molecule has 39 heavy (non-hydrogen) atoms. The lowest BCUT2D eigenvalue weighted by atomic mass is 9.70. The third kappa shape index (κ3) is 7.24. The number of nitrogens with zero attached hydrogens (tertiary/aromatic N) is 1. The Morgan fingerprint density at radius 1 is 1.18 bits per heavy atom. The molecule has 2 saturated heterocycles. The smallest absolute Gasteiger partial charge is 0.407 e. The summed E-state index contributed by atoms with van der Waals surface area (Å²) in [5.41, 5.74) is 0.197. The van der Waals surface area contributed by atoms with Gasteiger partial charge >= 0.3 is 6.09 Å². The van der Waals surface area contributed by atoms with Gasteiger partial charge in [0.05, 0.1) is 12.2 Å². The number of para-hydroxylation sites is 1. The van der Waals surface area contributed by atoms with Gasteiger partial charge in [0.25, 0.3) is 0 Å². The molecule has 0 aromatic heterocycles. The maximum Gasteiger partial charge on any atom is 0.407 e. The van der Waals surface area contributed by atoms with Gasteiger partial charge in [0.2, 0.25) is 11.8 Å². The molecule has 2 fully saturated rings. The van der Waals surface area contributed by atoms with Gasteiger partial charge in [-0.1, -0.05) is 18.2 Å². The molecule has 0 bridgehead atoms. The summed E-state index contributed by atoms with van der Waals surface area (Å²) in [5, 5.41) is 5.60. The lowest BCUT2D eigenvalue weighted by Gasteiger charge is -2.53. The predicted octanol–water partition coefficient (Wildman–Crippen LogP) is 4.35. The maximum atomic E-state index is 13.6. The van der Waals surface area contributed by atoms with Crippen LogP contribution in [-0.2, 0) is 19.1 Å². The molecule has 4 rings (SSSR count). The first-order valence-electron chi connectivity index (χ1n) is 14.3. The lowest BCUT2D eigenvalue weighted by molar-refractivity contribution is -0.189. The zero-order valence-corrected chi connectivity index (χ0v) is 24.2. The zero-order valence-electron chi connectivity index (χ0n) is 24.2. The summed E-state index contributed by atoms with van der Waals surface area (Å²) in [6, 6.07) is 7.55. The van der Waals surface area contributed by atoms with Crippen LogP contribution in [0.3, 0.4) is 0 Å². The highest BCUT2D eigenvalue weighted by Gasteiger charge is 2.51. The van der Waals surface area contributed by atoms with Crippen LogP contribution in [0.1, 0.15) is 85.3 Å². The number of carbonyl (C=O) groups excluding carboxylic acids is 3. The van der Waals surface area contributed by atoms with Crippen molar-refractivity contribution >= 4 is 17.9 Å². The van der Waals surface area contributed by atoms with Crippen molar-refractivity contribution in [2.75, 3.05) is 19.6 Å². The normalized spacial score (nSPS) is 26.2. The predicted molar refractivity (Wildman–Crippen MR) is 147 cm³/mol. The van der Waals surface area contributed by atoms with E-state index in [1.165, 1.54) is 6.92 Å². The molecule has 1 aromatic carbocycles. The largest absolute Gasteiger partial charge is 0.487 e. The molecular weight excluding hydrogens is 498 g/mol. The second-order valence-corrected chi connectivity index (χ2v) is 12.7. The minimum Gasteiger partial charge on any atom is -0.487 e. The van der Waals surface area contributed by atoms with Crippen molar-refractivity contribution < 1.29 is 28.6 Å². The van der Waals surface area contributed by atoms with Gasteiger partial charge in [-0.15, -0.1) is 0 Å². The Hall–Kier alpha value is -2.81. The third-order valence-electron chi connectivity index (χ3n) is 7.97. The minimum absolute atomic E-state index is 0.00475. The molecule has 2 N–H and O–H groups in total. The Labute approximate surface area is 232 Å². The molecule has 0 unspecified atom stereocenters. The number of nitrogens with one attached hydrogen (secondary N) is 2. The van der Waals surface area contributed by atoms with Crippen molar-refractivity contribution in [2.24, 2.45) is 11.8 Å². The van der Waals surface area contributed by atoms with Crippen molar-refractivity contribution in [3.8, 4) is 5.75 Å². The number of carbonyl (C=O) groups is 3. The number of ether oxygens (including phenoxy) is 3. The summed E-state index contributed by atoms with van der Waals surface area (Å²) in [6.07, 6.45) is 3.21. The average Bonchev–Trinajstić information content (AvgIpc) is 2.84. The lowest BCUT2D eigenvalue weighted by Crippen LogP contribution is -2.58. The Morgan fingerprint density at radius 3 is 2.64 bits per heavy atom. The first-order valence-corrected chi connectivity index (χ1v) is 14.3. The molecule has 0 spiro atoms. The number of amides is 3. The van der Waals surface area contributed by atoms with E-state index in [-0.39, 0.29) is 41.5 Å². The molecule has 9 nitrogen and oxygen atoms in total. The van der Waals surface area contributed by atoms with Crippen molar-refractivity contribution in [1.82, 2.24) is 15.5 Å². The van der Waals surface area contributed by atoms with Crippen LogP contribution in [0.15, 0.2) is 24.3 Å². The fourth-order valence-electron chi connectivity index (χ4n) is 6.16. The van der Waals surface area contributed by atoms with E-state index >= 15 is 0 Å². The monoisotopic (exact) mass is 543 g/mol. The van der Waals surface area contributed by atoms with E-state index in [0.29, 0.717) is 38.9 Å². The first kappa shape index (κ1) is 29.2. The molecule has 3 amide bonds. The van der Waals surface area contributed by atoms with Gasteiger partial charge in [-0.25, -0.2) is 4.79 Å². The molecule has 5 atom stereocenters. The Morgan fingerprint density at radius 2 is 1.92 bits per heavy atom. The Balaban J connectivity index is 1.33. The Bertz CT molecular complexity index is 1050. The quantitative estimate of drug-likeness (QED) is 0.496. The van der Waals surface area contributed by atoms with E-state index in [4.69, 9.17) is 14.2 Å². The van der Waals surface area contributed by atoms with E-state index in [9.17, 15) is 14.4 Å². The fraction of sp³-hybridized carbons (Fsp3) is 0.700. The summed E-state index contributed by atoms with van der Waals surface area (Å²) in [7, 11) is 0. The number of piperidine rings is 1. The number of hydrogen-bond donors (Lipinski definition) is 2. The number of fused-ring (bicyclic) bond motifs is 4. The Kier molecular flexibility index (Phi) is 8.78. The standard InChI is InChI=1S/C30H45N3O6/c1-19(34)32-23(12-9-10-15-31-28(36)39-29(2,3)4)27(35)33-16-14-24-20(18-33)17-22-26(37-24)21-11-7-8-13-25(21)38-30(22,5)6/h7-8,11,13,20,22-24,26H,9-10,12,14-18H2,1-6H3,(H,31,36)(H,32,34)/t20-,22+,23-,24+,26-/m0/s1. The van der Waals surface area contributed by atoms with Crippen LogP contribution in [0.25, 0.3) is 0 Å². The number of rotatable bonds is 7. The van der Waals surface area contributed by atoms with Crippen LogP contribution >= 0.6 is 0 Å². The topological polar surface area (TPSA) is 106 Å². The molecule has 0 saturated carbocycles. The van der Waals surface area contributed by atoms with E-state index in [0.717, 1.165) is 24.2 Å². The number of unbranched alkanes of at least 4 members (excludes halogenated alkanes) is 1. The highest BCUT2D eigenvalue weighted by molar-refractivity contribution is 5.87. The molecule has 1 aromatic rings. The molecule has 9 heteroatoms. The average molecular weight is 544 g/mol. The van der Waals surface area contributed by atoms with E-state index in [2.05, 4.69) is 30.5 Å². The summed E-state index contributed by atoms with van der Waals surface area (Å²) >= 11 is 0. The van der Waals surface area contributed by atoms with Crippen LogP contribution in [0, 0.1) is 11.8 Å². The molecule has 0 radical (unpaired) electrons. The highest BCUT2D eigenvalue weighted by atomic mass is 16.6. The number of likely N-dealkylation sites (tertiary alicyclic amines) is 1. The van der Waals surface area contributed by atoms with Crippen molar-refractivity contribution in [3.63, 3.8) is 0 Å². The second-order valence-electron chi connectivity index (χ2n) is 12.7. The first-order chi connectivity index (χ1) is 18.3. The third-order valence-corrected chi connectivity index (χ3v) is 7.97. The maximum absolute atomic E-state index is 13.6. The van der Waals surface area contributed by atoms with Gasteiger partial charge in [-0.05, 0) is 72.8 Å². The van der Waals surface area contributed by atoms with Crippen LogP contribution in [0.2, 0.25) is 0 Å². The second kappa shape index (κ2) is 11.7. The summed E-state index contributed by atoms with van der Waals surface area (Å²) in [4.78, 5) is 39.2. The zero-order chi connectivity index (χ0) is 28.4. The van der Waals surface area contributed by atoms with E-state index < -0.39 is 17.7 Å². The van der Waals surface area contributed by atoms with Gasteiger partial charge < -0.3 is 29.7 Å². The van der Waals surface area contributed by atoms with Crippen LogP contribution in [0.5, 0.6) is 5.75 Å². The molecule has 0 aliphatic carbocycles.